The van der Waals surface area contributed by atoms with Crippen molar-refractivity contribution in [3.05, 3.63) is 100 Å². The van der Waals surface area contributed by atoms with Gasteiger partial charge in [-0.15, -0.1) is 0 Å². The lowest BCUT2D eigenvalue weighted by Gasteiger charge is -2.01. The van der Waals surface area contributed by atoms with Crippen LogP contribution in [0.4, 0.5) is 10.3 Å². The molecule has 4 rings (SSSR count). The quantitative estimate of drug-likeness (QED) is 0.289. The zero-order chi connectivity index (χ0) is 21.8. The molecule has 0 atom stereocenters. The summed E-state index contributed by atoms with van der Waals surface area (Å²) in [7, 11) is 0. The van der Waals surface area contributed by atoms with Crippen LogP contribution >= 0.6 is 0 Å². The average Bonchev–Trinajstić information content (AvgIpc) is 3.43. The van der Waals surface area contributed by atoms with Crippen molar-refractivity contribution in [2.75, 3.05) is 0 Å². The van der Waals surface area contributed by atoms with Gasteiger partial charge in [-0.1, -0.05) is 18.2 Å². The molecule has 10 heteroatoms. The van der Waals surface area contributed by atoms with Gasteiger partial charge in [0.05, 0.1) is 23.5 Å². The van der Waals surface area contributed by atoms with Gasteiger partial charge in [-0.05, 0) is 42.5 Å². The van der Waals surface area contributed by atoms with E-state index in [1.54, 1.807) is 0 Å². The number of nitro groups is 1. The number of nitrogens with zero attached hydrogens (tertiary/aromatic N) is 4. The molecule has 0 bridgehead atoms. The van der Waals surface area contributed by atoms with E-state index in [1.807, 2.05) is 30.3 Å². The third kappa shape index (κ3) is 4.37. The first-order chi connectivity index (χ1) is 15.0. The molecule has 1 amide bonds. The van der Waals surface area contributed by atoms with Gasteiger partial charge in [0.2, 0.25) is 0 Å². The van der Waals surface area contributed by atoms with Gasteiger partial charge >= 0.3 is 5.88 Å². The standard InChI is InChI=1S/C21H14FN5O4/c22-15-8-6-14(7-9-15)20-18(13-26(25-20)16-4-2-1-3-5-16)21(28)24-23-12-17-10-11-19(31-17)27(29)30/h1-13H,(H,24,28)/b23-12-. The molecular weight excluding hydrogens is 405 g/mol. The summed E-state index contributed by atoms with van der Waals surface area (Å²) in [6, 6.07) is 17.3. The van der Waals surface area contributed by atoms with Crippen LogP contribution in [0.1, 0.15) is 16.1 Å². The van der Waals surface area contributed by atoms with Crippen LogP contribution < -0.4 is 5.43 Å². The normalized spacial score (nSPS) is 11.0. The highest BCUT2D eigenvalue weighted by atomic mass is 19.1. The van der Waals surface area contributed by atoms with E-state index in [2.05, 4.69) is 15.6 Å². The summed E-state index contributed by atoms with van der Waals surface area (Å²) in [6.07, 6.45) is 2.68. The lowest BCUT2D eigenvalue weighted by atomic mass is 10.1. The number of aromatic nitrogens is 2. The minimum atomic E-state index is -0.678. The van der Waals surface area contributed by atoms with Crippen molar-refractivity contribution in [1.82, 2.24) is 15.2 Å². The van der Waals surface area contributed by atoms with Gasteiger partial charge in [0, 0.05) is 11.8 Å². The summed E-state index contributed by atoms with van der Waals surface area (Å²) in [4.78, 5) is 22.7. The smallest absolute Gasteiger partial charge is 0.400 e. The van der Waals surface area contributed by atoms with Gasteiger partial charge in [-0.2, -0.15) is 10.2 Å². The summed E-state index contributed by atoms with van der Waals surface area (Å²) in [5, 5.41) is 18.9. The first-order valence-electron chi connectivity index (χ1n) is 9.00. The predicted molar refractivity (Wildman–Crippen MR) is 109 cm³/mol. The second-order valence-electron chi connectivity index (χ2n) is 6.31. The van der Waals surface area contributed by atoms with Gasteiger partial charge in [-0.3, -0.25) is 14.9 Å². The number of carbonyl (C=O) groups excluding carboxylic acids is 1. The average molecular weight is 419 g/mol. The van der Waals surface area contributed by atoms with E-state index in [9.17, 15) is 19.3 Å². The van der Waals surface area contributed by atoms with Crippen LogP contribution in [0.15, 0.2) is 82.4 Å². The van der Waals surface area contributed by atoms with Gasteiger partial charge in [0.15, 0.2) is 5.76 Å². The number of nitrogens with one attached hydrogen (secondary N) is 1. The van der Waals surface area contributed by atoms with Crippen LogP contribution in [-0.2, 0) is 0 Å². The molecule has 0 aliphatic carbocycles. The fourth-order valence-electron chi connectivity index (χ4n) is 2.80. The summed E-state index contributed by atoms with van der Waals surface area (Å²) in [5.74, 6) is -1.31. The molecule has 154 valence electrons. The number of hydrogen-bond acceptors (Lipinski definition) is 6. The number of furan rings is 1. The van der Waals surface area contributed by atoms with Crippen LogP contribution in [0, 0.1) is 15.9 Å². The number of amides is 1. The molecule has 2 aromatic carbocycles. The van der Waals surface area contributed by atoms with Crippen LogP contribution in [0.3, 0.4) is 0 Å². The molecule has 1 N–H and O–H groups in total. The van der Waals surface area contributed by atoms with Gasteiger partial charge in [0.25, 0.3) is 5.91 Å². The van der Waals surface area contributed by atoms with Crippen molar-refractivity contribution in [3.8, 4) is 16.9 Å². The Labute approximate surface area is 174 Å². The Balaban J connectivity index is 1.62. The topological polar surface area (TPSA) is 116 Å². The first-order valence-corrected chi connectivity index (χ1v) is 9.00. The highest BCUT2D eigenvalue weighted by molar-refractivity contribution is 6.00. The molecule has 0 aliphatic rings. The molecule has 0 spiro atoms. The van der Waals surface area contributed by atoms with E-state index in [-0.39, 0.29) is 11.3 Å². The third-order valence-corrected chi connectivity index (χ3v) is 4.25. The van der Waals surface area contributed by atoms with Crippen molar-refractivity contribution in [2.45, 2.75) is 0 Å². The molecular formula is C21H14FN5O4. The van der Waals surface area contributed by atoms with Crippen LogP contribution in [0.2, 0.25) is 0 Å². The lowest BCUT2D eigenvalue weighted by Crippen LogP contribution is -2.17. The fourth-order valence-corrected chi connectivity index (χ4v) is 2.80. The Hall–Kier alpha value is -4.60. The van der Waals surface area contributed by atoms with Gasteiger partial charge in [0.1, 0.15) is 16.4 Å². The second kappa shape index (κ2) is 8.41. The molecule has 0 unspecified atom stereocenters. The number of hydrogen-bond donors (Lipinski definition) is 1. The zero-order valence-electron chi connectivity index (χ0n) is 15.8. The first kappa shape index (κ1) is 19.7. The van der Waals surface area contributed by atoms with E-state index >= 15 is 0 Å². The summed E-state index contributed by atoms with van der Waals surface area (Å²) in [6.45, 7) is 0. The van der Waals surface area contributed by atoms with Crippen molar-refractivity contribution >= 4 is 18.0 Å². The SMILES string of the molecule is O=C(N/N=C\c1ccc([N+](=O)[O-])o1)c1cn(-c2ccccc2)nc1-c1ccc(F)cc1. The van der Waals surface area contributed by atoms with Gasteiger partial charge in [-0.25, -0.2) is 14.5 Å². The second-order valence-corrected chi connectivity index (χ2v) is 6.31. The summed E-state index contributed by atoms with van der Waals surface area (Å²) in [5.41, 5.74) is 4.17. The van der Waals surface area contributed by atoms with Crippen molar-refractivity contribution in [1.29, 1.82) is 0 Å². The third-order valence-electron chi connectivity index (χ3n) is 4.25. The maximum atomic E-state index is 13.3. The van der Waals surface area contributed by atoms with E-state index in [0.717, 1.165) is 11.9 Å². The molecule has 9 nitrogen and oxygen atoms in total. The Morgan fingerprint density at radius 1 is 1.13 bits per heavy atom. The minimum absolute atomic E-state index is 0.103. The van der Waals surface area contributed by atoms with Crippen LogP contribution in [0.5, 0.6) is 0 Å². The van der Waals surface area contributed by atoms with E-state index in [4.69, 9.17) is 4.42 Å². The van der Waals surface area contributed by atoms with Gasteiger partial charge < -0.3 is 4.42 Å². The molecule has 0 radical (unpaired) electrons. The molecule has 0 aliphatic heterocycles. The van der Waals surface area contributed by atoms with E-state index in [1.165, 1.54) is 47.3 Å². The summed E-state index contributed by atoms with van der Waals surface area (Å²) < 4.78 is 19.8. The van der Waals surface area contributed by atoms with Crippen LogP contribution in [-0.4, -0.2) is 26.8 Å². The zero-order valence-corrected chi connectivity index (χ0v) is 15.8. The fraction of sp³-hybridized carbons (Fsp3) is 0. The lowest BCUT2D eigenvalue weighted by molar-refractivity contribution is -0.402. The number of para-hydroxylation sites is 1. The Kier molecular flexibility index (Phi) is 5.35. The van der Waals surface area contributed by atoms with E-state index < -0.39 is 22.5 Å². The number of rotatable bonds is 6. The highest BCUT2D eigenvalue weighted by Crippen LogP contribution is 2.24. The molecule has 0 fully saturated rings. The molecule has 31 heavy (non-hydrogen) atoms. The molecule has 0 saturated heterocycles. The molecule has 4 aromatic rings. The highest BCUT2D eigenvalue weighted by Gasteiger charge is 2.19. The number of halogens is 1. The molecule has 0 saturated carbocycles. The minimum Gasteiger partial charge on any atom is -0.400 e. The van der Waals surface area contributed by atoms with Crippen molar-refractivity contribution < 1.29 is 18.5 Å². The maximum Gasteiger partial charge on any atom is 0.433 e. The summed E-state index contributed by atoms with van der Waals surface area (Å²) >= 11 is 0. The molecule has 2 heterocycles. The Bertz CT molecular complexity index is 1260. The van der Waals surface area contributed by atoms with Crippen molar-refractivity contribution in [2.24, 2.45) is 5.10 Å². The maximum absolute atomic E-state index is 13.3. The number of carbonyl (C=O) groups is 1. The number of hydrazone groups is 1. The predicted octanol–water partition coefficient (Wildman–Crippen LogP) is 3.94. The van der Waals surface area contributed by atoms with E-state index in [0.29, 0.717) is 11.3 Å². The van der Waals surface area contributed by atoms with Crippen molar-refractivity contribution in [3.63, 3.8) is 0 Å². The molecule has 2 aromatic heterocycles. The monoisotopic (exact) mass is 419 g/mol. The Morgan fingerprint density at radius 3 is 2.55 bits per heavy atom. The van der Waals surface area contributed by atoms with Crippen LogP contribution in [0.25, 0.3) is 16.9 Å². The largest absolute Gasteiger partial charge is 0.433 e. The number of benzene rings is 2. The Morgan fingerprint density at radius 2 is 1.87 bits per heavy atom.